The lowest BCUT2D eigenvalue weighted by atomic mass is 9.93. The summed E-state index contributed by atoms with van der Waals surface area (Å²) in [6, 6.07) is 0. The maximum Gasteiger partial charge on any atom is 0.321 e. The zero-order valence-corrected chi connectivity index (χ0v) is 35.6. The van der Waals surface area contributed by atoms with Gasteiger partial charge in [-0.2, -0.15) is 0 Å². The van der Waals surface area contributed by atoms with Gasteiger partial charge in [0.15, 0.2) is 0 Å². The molecule has 1 rings (SSSR count). The van der Waals surface area contributed by atoms with E-state index in [0.717, 1.165) is 18.6 Å². The Labute approximate surface area is 327 Å². The molecule has 0 bridgehead atoms. The van der Waals surface area contributed by atoms with Crippen molar-refractivity contribution < 1.29 is 9.53 Å². The van der Waals surface area contributed by atoms with Crippen LogP contribution in [0.1, 0.15) is 271 Å². The third-order valence-corrected chi connectivity index (χ3v) is 11.4. The van der Waals surface area contributed by atoms with E-state index in [0.29, 0.717) is 0 Å². The first kappa shape index (κ1) is 48.7. The van der Waals surface area contributed by atoms with Crippen molar-refractivity contribution in [1.29, 1.82) is 0 Å². The first-order valence-electron chi connectivity index (χ1n) is 24.0. The molecular weight excluding hydrogens is 633 g/mol. The molecule has 0 aromatic heterocycles. The topological polar surface area (TPSA) is 26.3 Å². The van der Waals surface area contributed by atoms with Gasteiger partial charge in [-0.25, -0.2) is 0 Å². The first-order chi connectivity index (χ1) is 25.8. The smallest absolute Gasteiger partial charge is 0.321 e. The number of hydrogen-bond donors (Lipinski definition) is 0. The molecule has 1 fully saturated rings. The quantitative estimate of drug-likeness (QED) is 0.0356. The van der Waals surface area contributed by atoms with E-state index < -0.39 is 0 Å². The normalized spacial score (nSPS) is 15.4. The highest BCUT2D eigenvalue weighted by molar-refractivity contribution is 5.82. The number of hydrogen-bond acceptors (Lipinski definition) is 2. The third-order valence-electron chi connectivity index (χ3n) is 11.4. The van der Waals surface area contributed by atoms with Gasteiger partial charge in [0.2, 0.25) is 0 Å². The van der Waals surface area contributed by atoms with Gasteiger partial charge in [-0.3, -0.25) is 4.79 Å². The Kier molecular flexibility index (Phi) is 38.3. The lowest BCUT2D eigenvalue weighted by Crippen LogP contribution is -2.32. The Hall–Kier alpha value is -1.31. The van der Waals surface area contributed by atoms with Crippen molar-refractivity contribution in [3.05, 3.63) is 36.1 Å². The Bertz CT molecular complexity index is 822. The van der Waals surface area contributed by atoms with E-state index in [4.69, 9.17) is 4.74 Å². The number of unbranched alkanes of at least 4 members (excludes halogenated alkanes) is 35. The molecule has 1 aliphatic heterocycles. The van der Waals surface area contributed by atoms with E-state index in [1.165, 1.54) is 244 Å². The van der Waals surface area contributed by atoms with E-state index in [2.05, 4.69) is 44.2 Å². The highest BCUT2D eigenvalue weighted by Gasteiger charge is 2.36. The van der Waals surface area contributed by atoms with Crippen LogP contribution in [0.5, 0.6) is 0 Å². The Morgan fingerprint density at radius 1 is 0.365 bits per heavy atom. The fraction of sp³-hybridized carbons (Fsp3) is 0.860. The number of carbonyl (C=O) groups excluding carboxylic acids is 1. The molecule has 0 N–H and O–H groups in total. The van der Waals surface area contributed by atoms with E-state index >= 15 is 0 Å². The highest BCUT2D eigenvalue weighted by atomic mass is 16.6. The van der Waals surface area contributed by atoms with Gasteiger partial charge >= 0.3 is 5.97 Å². The lowest BCUT2D eigenvalue weighted by Gasteiger charge is -2.28. The van der Waals surface area contributed by atoms with Crippen LogP contribution in [0.25, 0.3) is 0 Å². The standard InChI is InChI=1S/C50H92O2/c1-3-5-7-9-11-13-15-17-19-21-23-25-27-29-31-33-35-37-39-41-43-45-47-49-48(50(51)52-49)46-44-42-40-38-36-34-32-30-28-26-24-22-20-18-16-14-12-10-8-6-4-2/h15-18,47-48H,3-14,19-46H2,1-2H3/b17-15+,18-16+,49-47-. The number of carbonyl (C=O) groups is 1. The molecule has 2 heteroatoms. The average molecular weight is 725 g/mol. The molecule has 0 aromatic carbocycles. The molecule has 0 radical (unpaired) electrons. The highest BCUT2D eigenvalue weighted by Crippen LogP contribution is 2.32. The van der Waals surface area contributed by atoms with Crippen molar-refractivity contribution in [3.8, 4) is 0 Å². The molecule has 1 heterocycles. The predicted molar refractivity (Wildman–Crippen MR) is 232 cm³/mol. The number of rotatable bonds is 42. The van der Waals surface area contributed by atoms with Crippen LogP contribution in [-0.2, 0) is 9.53 Å². The zero-order valence-electron chi connectivity index (χ0n) is 35.6. The van der Waals surface area contributed by atoms with Crippen LogP contribution in [0.3, 0.4) is 0 Å². The third kappa shape index (κ3) is 33.3. The van der Waals surface area contributed by atoms with Gasteiger partial charge in [-0.1, -0.05) is 224 Å². The van der Waals surface area contributed by atoms with Crippen LogP contribution in [0.15, 0.2) is 36.1 Å². The number of cyclic esters (lactones) is 1. The molecule has 0 aromatic rings. The fourth-order valence-electron chi connectivity index (χ4n) is 7.76. The van der Waals surface area contributed by atoms with E-state index in [9.17, 15) is 4.79 Å². The first-order valence-corrected chi connectivity index (χ1v) is 24.0. The van der Waals surface area contributed by atoms with Crippen LogP contribution >= 0.6 is 0 Å². The van der Waals surface area contributed by atoms with Gasteiger partial charge in [-0.05, 0) is 76.7 Å². The van der Waals surface area contributed by atoms with Crippen LogP contribution < -0.4 is 0 Å². The van der Waals surface area contributed by atoms with Gasteiger partial charge in [0.1, 0.15) is 11.7 Å². The minimum Gasteiger partial charge on any atom is -0.430 e. The van der Waals surface area contributed by atoms with Crippen LogP contribution in [0.4, 0.5) is 0 Å². The molecule has 52 heavy (non-hydrogen) atoms. The van der Waals surface area contributed by atoms with E-state index in [1.54, 1.807) is 0 Å². The SMILES string of the molecule is CCCCCCC/C=C/CCCCCCCCCCCCCC/C=C1\OC(=O)C1CCCCCCCCCCCCCC/C=C/CCCCCCC. The summed E-state index contributed by atoms with van der Waals surface area (Å²) in [4.78, 5) is 12.0. The molecule has 0 amide bonds. The minimum absolute atomic E-state index is 0.0202. The predicted octanol–water partition coefficient (Wildman–Crippen LogP) is 17.8. The van der Waals surface area contributed by atoms with Crippen molar-refractivity contribution in [1.82, 2.24) is 0 Å². The van der Waals surface area contributed by atoms with E-state index in [-0.39, 0.29) is 11.9 Å². The molecule has 0 aliphatic carbocycles. The van der Waals surface area contributed by atoms with Crippen LogP contribution in [0, 0.1) is 5.92 Å². The van der Waals surface area contributed by atoms with Gasteiger partial charge in [-0.15, -0.1) is 0 Å². The van der Waals surface area contributed by atoms with Crippen molar-refractivity contribution in [3.63, 3.8) is 0 Å². The molecule has 2 nitrogen and oxygen atoms in total. The second-order valence-electron chi connectivity index (χ2n) is 16.6. The second kappa shape index (κ2) is 40.9. The van der Waals surface area contributed by atoms with Crippen molar-refractivity contribution in [2.75, 3.05) is 0 Å². The molecule has 1 unspecified atom stereocenters. The van der Waals surface area contributed by atoms with Gasteiger partial charge < -0.3 is 4.74 Å². The molecule has 1 atom stereocenters. The maximum absolute atomic E-state index is 12.0. The minimum atomic E-state index is 0.0202. The Morgan fingerprint density at radius 2 is 0.635 bits per heavy atom. The van der Waals surface area contributed by atoms with Crippen molar-refractivity contribution in [2.45, 2.75) is 271 Å². The monoisotopic (exact) mass is 725 g/mol. The largest absolute Gasteiger partial charge is 0.430 e. The fourth-order valence-corrected chi connectivity index (χ4v) is 7.76. The van der Waals surface area contributed by atoms with Crippen LogP contribution in [-0.4, -0.2) is 5.97 Å². The van der Waals surface area contributed by atoms with E-state index in [1.807, 2.05) is 0 Å². The summed E-state index contributed by atoms with van der Waals surface area (Å²) in [5.74, 6) is 1.08. The van der Waals surface area contributed by atoms with Crippen molar-refractivity contribution >= 4 is 5.97 Å². The number of ether oxygens (including phenoxy) is 1. The van der Waals surface area contributed by atoms with Gasteiger partial charge in [0.25, 0.3) is 0 Å². The summed E-state index contributed by atoms with van der Waals surface area (Å²) in [6.07, 6.45) is 66.1. The summed E-state index contributed by atoms with van der Waals surface area (Å²) in [6.45, 7) is 4.58. The molecular formula is C50H92O2. The summed E-state index contributed by atoms with van der Waals surface area (Å²) in [5, 5.41) is 0. The summed E-state index contributed by atoms with van der Waals surface area (Å²) in [5.41, 5.74) is 0. The summed E-state index contributed by atoms with van der Waals surface area (Å²) < 4.78 is 5.41. The Balaban J connectivity index is 1.80. The second-order valence-corrected chi connectivity index (χ2v) is 16.6. The number of esters is 1. The maximum atomic E-state index is 12.0. The molecule has 304 valence electrons. The van der Waals surface area contributed by atoms with Crippen molar-refractivity contribution in [2.24, 2.45) is 5.92 Å². The molecule has 1 aliphatic rings. The van der Waals surface area contributed by atoms with Crippen LogP contribution in [0.2, 0.25) is 0 Å². The summed E-state index contributed by atoms with van der Waals surface area (Å²) in [7, 11) is 0. The average Bonchev–Trinajstić information content (AvgIpc) is 3.15. The lowest BCUT2D eigenvalue weighted by molar-refractivity contribution is -0.157. The summed E-state index contributed by atoms with van der Waals surface area (Å²) >= 11 is 0. The molecule has 1 saturated heterocycles. The molecule has 0 saturated carbocycles. The number of allylic oxidation sites excluding steroid dienone is 5. The Morgan fingerprint density at radius 3 is 0.942 bits per heavy atom. The van der Waals surface area contributed by atoms with Gasteiger partial charge in [0, 0.05) is 0 Å². The zero-order chi connectivity index (χ0) is 37.3. The molecule has 0 spiro atoms. The van der Waals surface area contributed by atoms with Gasteiger partial charge in [0.05, 0.1) is 0 Å².